The van der Waals surface area contributed by atoms with Crippen LogP contribution in [0.1, 0.15) is 5.01 Å². The molecule has 0 unspecified atom stereocenters. The van der Waals surface area contributed by atoms with Crippen LogP contribution >= 0.6 is 11.3 Å². The molecule has 1 aromatic heterocycles. The zero-order chi connectivity index (χ0) is 10.7. The minimum atomic E-state index is -0.217. The summed E-state index contributed by atoms with van der Waals surface area (Å²) in [6.07, 6.45) is 2.55. The summed E-state index contributed by atoms with van der Waals surface area (Å²) in [7, 11) is 0. The van der Waals surface area contributed by atoms with Crippen molar-refractivity contribution in [3.8, 4) is 0 Å². The number of carbonyl (C=O) groups excluding carboxylic acids is 2. The average molecular weight is 225 g/mol. The zero-order valence-electron chi connectivity index (χ0n) is 8.10. The van der Waals surface area contributed by atoms with Gasteiger partial charge in [-0.05, 0) is 0 Å². The highest BCUT2D eigenvalue weighted by Gasteiger charge is 2.21. The first-order valence-electron chi connectivity index (χ1n) is 4.67. The van der Waals surface area contributed by atoms with Crippen molar-refractivity contribution < 1.29 is 9.59 Å². The van der Waals surface area contributed by atoms with Crippen LogP contribution in [0.3, 0.4) is 0 Å². The highest BCUT2D eigenvalue weighted by Crippen LogP contribution is 2.06. The summed E-state index contributed by atoms with van der Waals surface area (Å²) in [4.78, 5) is 28.1. The smallest absolute Gasteiger partial charge is 0.240 e. The first-order valence-corrected chi connectivity index (χ1v) is 5.55. The van der Waals surface area contributed by atoms with E-state index >= 15 is 0 Å². The number of nitrogens with zero attached hydrogens (tertiary/aromatic N) is 2. The fraction of sp³-hybridized carbons (Fsp3) is 0.444. The third-order valence-corrected chi connectivity index (χ3v) is 2.98. The standard InChI is InChI=1S/C9H11N3O2S/c13-7-5-12(6-8(14)11-7)3-1-9-10-2-4-15-9/h2,4H,1,3,5-6H2,(H,11,13,14). The van der Waals surface area contributed by atoms with Crippen molar-refractivity contribution in [2.24, 2.45) is 0 Å². The second kappa shape index (κ2) is 4.50. The molecular formula is C9H11N3O2S. The molecule has 0 saturated carbocycles. The Hall–Kier alpha value is -1.27. The van der Waals surface area contributed by atoms with Gasteiger partial charge in [0.05, 0.1) is 18.1 Å². The molecule has 1 saturated heterocycles. The van der Waals surface area contributed by atoms with Crippen molar-refractivity contribution in [3.63, 3.8) is 0 Å². The van der Waals surface area contributed by atoms with E-state index in [1.807, 2.05) is 10.3 Å². The minimum absolute atomic E-state index is 0.217. The van der Waals surface area contributed by atoms with Crippen LogP contribution in [0.15, 0.2) is 11.6 Å². The summed E-state index contributed by atoms with van der Waals surface area (Å²) in [5.41, 5.74) is 0. The van der Waals surface area contributed by atoms with E-state index in [1.165, 1.54) is 0 Å². The van der Waals surface area contributed by atoms with Gasteiger partial charge in [0.2, 0.25) is 11.8 Å². The molecule has 0 atom stereocenters. The summed E-state index contributed by atoms with van der Waals surface area (Å²) in [6.45, 7) is 1.31. The molecule has 1 fully saturated rings. The fourth-order valence-corrected chi connectivity index (χ4v) is 2.09. The lowest BCUT2D eigenvalue weighted by atomic mass is 10.3. The normalized spacial score (nSPS) is 17.9. The number of carbonyl (C=O) groups is 2. The lowest BCUT2D eigenvalue weighted by Gasteiger charge is -2.24. The van der Waals surface area contributed by atoms with Gasteiger partial charge in [0.1, 0.15) is 0 Å². The first-order chi connectivity index (χ1) is 7.24. The van der Waals surface area contributed by atoms with Gasteiger partial charge < -0.3 is 0 Å². The quantitative estimate of drug-likeness (QED) is 0.714. The third-order valence-electron chi connectivity index (χ3n) is 2.14. The van der Waals surface area contributed by atoms with E-state index in [2.05, 4.69) is 10.3 Å². The van der Waals surface area contributed by atoms with Gasteiger partial charge >= 0.3 is 0 Å². The number of aromatic nitrogens is 1. The van der Waals surface area contributed by atoms with Gasteiger partial charge in [-0.3, -0.25) is 19.8 Å². The number of piperazine rings is 1. The van der Waals surface area contributed by atoms with Crippen molar-refractivity contribution in [2.45, 2.75) is 6.42 Å². The number of thiazole rings is 1. The van der Waals surface area contributed by atoms with E-state index in [-0.39, 0.29) is 11.8 Å². The molecule has 2 heterocycles. The number of hydrogen-bond donors (Lipinski definition) is 1. The molecule has 1 aliphatic heterocycles. The molecule has 15 heavy (non-hydrogen) atoms. The van der Waals surface area contributed by atoms with Crippen molar-refractivity contribution in [1.29, 1.82) is 0 Å². The number of rotatable bonds is 3. The van der Waals surface area contributed by atoms with E-state index in [0.29, 0.717) is 19.6 Å². The third kappa shape index (κ3) is 2.84. The van der Waals surface area contributed by atoms with Crippen LogP contribution in [-0.4, -0.2) is 41.3 Å². The van der Waals surface area contributed by atoms with Gasteiger partial charge in [-0.15, -0.1) is 11.3 Å². The molecule has 2 rings (SSSR count). The largest absolute Gasteiger partial charge is 0.294 e. The Labute approximate surface area is 91.1 Å². The van der Waals surface area contributed by atoms with E-state index in [4.69, 9.17) is 0 Å². The molecular weight excluding hydrogens is 214 g/mol. The molecule has 0 aliphatic carbocycles. The predicted octanol–water partition coefficient (Wildman–Crippen LogP) is -0.356. The molecule has 1 N–H and O–H groups in total. The van der Waals surface area contributed by atoms with Crippen LogP contribution in [0.2, 0.25) is 0 Å². The van der Waals surface area contributed by atoms with E-state index in [9.17, 15) is 9.59 Å². The summed E-state index contributed by atoms with van der Waals surface area (Å²) in [6, 6.07) is 0. The van der Waals surface area contributed by atoms with Crippen LogP contribution in [-0.2, 0) is 16.0 Å². The number of amides is 2. The van der Waals surface area contributed by atoms with Gasteiger partial charge in [0, 0.05) is 24.5 Å². The molecule has 5 nitrogen and oxygen atoms in total. The van der Waals surface area contributed by atoms with Gasteiger partial charge in [-0.1, -0.05) is 0 Å². The predicted molar refractivity (Wildman–Crippen MR) is 55.4 cm³/mol. The van der Waals surface area contributed by atoms with Gasteiger partial charge in [-0.25, -0.2) is 4.98 Å². The first kappa shape index (κ1) is 10.3. The van der Waals surface area contributed by atoms with Crippen molar-refractivity contribution in [2.75, 3.05) is 19.6 Å². The van der Waals surface area contributed by atoms with Gasteiger partial charge in [0.25, 0.3) is 0 Å². The Morgan fingerprint density at radius 3 is 2.73 bits per heavy atom. The Morgan fingerprint density at radius 1 is 1.40 bits per heavy atom. The highest BCUT2D eigenvalue weighted by atomic mass is 32.1. The molecule has 2 amide bonds. The van der Waals surface area contributed by atoms with Crippen LogP contribution in [0.4, 0.5) is 0 Å². The lowest BCUT2D eigenvalue weighted by Crippen LogP contribution is -2.51. The fourth-order valence-electron chi connectivity index (χ4n) is 1.48. The molecule has 80 valence electrons. The Bertz CT molecular complexity index is 347. The minimum Gasteiger partial charge on any atom is -0.294 e. The monoisotopic (exact) mass is 225 g/mol. The van der Waals surface area contributed by atoms with Crippen LogP contribution in [0.25, 0.3) is 0 Å². The molecule has 6 heteroatoms. The molecule has 1 aliphatic rings. The summed E-state index contributed by atoms with van der Waals surface area (Å²) in [5.74, 6) is -0.434. The summed E-state index contributed by atoms with van der Waals surface area (Å²) >= 11 is 1.59. The number of nitrogens with one attached hydrogen (secondary N) is 1. The molecule has 0 radical (unpaired) electrons. The lowest BCUT2D eigenvalue weighted by molar-refractivity contribution is -0.135. The van der Waals surface area contributed by atoms with E-state index < -0.39 is 0 Å². The van der Waals surface area contributed by atoms with Crippen LogP contribution < -0.4 is 5.32 Å². The average Bonchev–Trinajstić information content (AvgIpc) is 2.65. The SMILES string of the molecule is O=C1CN(CCc2nccs2)CC(=O)N1. The van der Waals surface area contributed by atoms with Crippen molar-refractivity contribution >= 4 is 23.2 Å². The van der Waals surface area contributed by atoms with E-state index in [1.54, 1.807) is 17.5 Å². The highest BCUT2D eigenvalue weighted by molar-refractivity contribution is 7.09. The van der Waals surface area contributed by atoms with Gasteiger partial charge in [0.15, 0.2) is 0 Å². The molecule has 0 bridgehead atoms. The summed E-state index contributed by atoms with van der Waals surface area (Å²) < 4.78 is 0. The second-order valence-corrected chi connectivity index (χ2v) is 4.34. The zero-order valence-corrected chi connectivity index (χ0v) is 8.92. The maximum absolute atomic E-state index is 11.1. The van der Waals surface area contributed by atoms with Crippen LogP contribution in [0.5, 0.6) is 0 Å². The maximum Gasteiger partial charge on any atom is 0.240 e. The van der Waals surface area contributed by atoms with Crippen molar-refractivity contribution in [3.05, 3.63) is 16.6 Å². The number of hydrogen-bond acceptors (Lipinski definition) is 5. The second-order valence-electron chi connectivity index (χ2n) is 3.36. The molecule has 1 aromatic rings. The van der Waals surface area contributed by atoms with Crippen molar-refractivity contribution in [1.82, 2.24) is 15.2 Å². The summed E-state index contributed by atoms with van der Waals surface area (Å²) in [5, 5.41) is 5.23. The van der Waals surface area contributed by atoms with Gasteiger partial charge in [-0.2, -0.15) is 0 Å². The topological polar surface area (TPSA) is 62.3 Å². The maximum atomic E-state index is 11.1. The number of imide groups is 1. The van der Waals surface area contributed by atoms with Crippen LogP contribution in [0, 0.1) is 0 Å². The Balaban J connectivity index is 1.84. The van der Waals surface area contributed by atoms with E-state index in [0.717, 1.165) is 11.4 Å². The Kier molecular flexibility index (Phi) is 3.08. The molecule has 0 aromatic carbocycles. The Morgan fingerprint density at radius 2 is 2.13 bits per heavy atom. The molecule has 0 spiro atoms.